The summed E-state index contributed by atoms with van der Waals surface area (Å²) in [6, 6.07) is 5.89. The van der Waals surface area contributed by atoms with Crippen LogP contribution < -0.4 is 10.1 Å². The van der Waals surface area contributed by atoms with Gasteiger partial charge in [0.05, 0.1) is 17.7 Å². The highest BCUT2D eigenvalue weighted by atomic mass is 79.9. The summed E-state index contributed by atoms with van der Waals surface area (Å²) in [7, 11) is 0. The van der Waals surface area contributed by atoms with Gasteiger partial charge in [-0.2, -0.15) is 0 Å². The first-order valence-electron chi connectivity index (χ1n) is 6.84. The summed E-state index contributed by atoms with van der Waals surface area (Å²) in [5.74, 6) is 0.758. The van der Waals surface area contributed by atoms with Crippen molar-refractivity contribution in [2.24, 2.45) is 5.41 Å². The van der Waals surface area contributed by atoms with Gasteiger partial charge < -0.3 is 19.9 Å². The summed E-state index contributed by atoms with van der Waals surface area (Å²) in [6.45, 7) is 7.46. The summed E-state index contributed by atoms with van der Waals surface area (Å²) in [5, 5.41) is 13.2. The van der Waals surface area contributed by atoms with Crippen LogP contribution in [0.3, 0.4) is 0 Å². The Hall–Kier alpha value is -0.620. The molecule has 1 atom stereocenters. The normalized spacial score (nSPS) is 18.4. The number of aryl methyl sites for hydroxylation is 1. The van der Waals surface area contributed by atoms with E-state index in [1.807, 2.05) is 25.1 Å². The second kappa shape index (κ2) is 6.89. The van der Waals surface area contributed by atoms with E-state index < -0.39 is 6.10 Å². The van der Waals surface area contributed by atoms with Crippen molar-refractivity contribution >= 4 is 15.9 Å². The standard InChI is InChI=1S/C15H22BrNO3/c1-11-3-4-14(13(16)5-11)20-7-12(18)6-17-8-15(2)9-19-10-15/h3-5,12,17-18H,6-10H2,1-2H3. The predicted molar refractivity (Wildman–Crippen MR) is 82.2 cm³/mol. The van der Waals surface area contributed by atoms with Gasteiger partial charge in [0, 0.05) is 18.5 Å². The molecule has 20 heavy (non-hydrogen) atoms. The molecule has 0 amide bonds. The van der Waals surface area contributed by atoms with Crippen molar-refractivity contribution in [2.75, 3.05) is 32.9 Å². The van der Waals surface area contributed by atoms with Crippen LogP contribution in [0.25, 0.3) is 0 Å². The van der Waals surface area contributed by atoms with Crippen LogP contribution in [0.4, 0.5) is 0 Å². The lowest BCUT2D eigenvalue weighted by Gasteiger charge is -2.38. The number of aliphatic hydroxyl groups is 1. The van der Waals surface area contributed by atoms with Crippen molar-refractivity contribution < 1.29 is 14.6 Å². The molecule has 1 aromatic rings. The molecular formula is C15H22BrNO3. The Kier molecular flexibility index (Phi) is 5.43. The summed E-state index contributed by atoms with van der Waals surface area (Å²) < 4.78 is 11.7. The molecule has 112 valence electrons. The summed E-state index contributed by atoms with van der Waals surface area (Å²) in [4.78, 5) is 0. The van der Waals surface area contributed by atoms with Crippen LogP contribution in [-0.2, 0) is 4.74 Å². The van der Waals surface area contributed by atoms with Crippen molar-refractivity contribution in [1.29, 1.82) is 0 Å². The minimum atomic E-state index is -0.521. The van der Waals surface area contributed by atoms with E-state index in [0.717, 1.165) is 30.0 Å². The van der Waals surface area contributed by atoms with Gasteiger partial charge in [0.2, 0.25) is 0 Å². The number of halogens is 1. The lowest BCUT2D eigenvalue weighted by atomic mass is 9.89. The molecule has 5 heteroatoms. The van der Waals surface area contributed by atoms with Crippen LogP contribution in [0.15, 0.2) is 22.7 Å². The predicted octanol–water partition coefficient (Wildman–Crippen LogP) is 2.12. The van der Waals surface area contributed by atoms with Crippen molar-refractivity contribution in [2.45, 2.75) is 20.0 Å². The van der Waals surface area contributed by atoms with E-state index in [-0.39, 0.29) is 12.0 Å². The van der Waals surface area contributed by atoms with E-state index in [9.17, 15) is 5.11 Å². The average molecular weight is 344 g/mol. The minimum absolute atomic E-state index is 0.223. The molecule has 0 saturated carbocycles. The molecule has 1 heterocycles. The van der Waals surface area contributed by atoms with Crippen molar-refractivity contribution in [3.63, 3.8) is 0 Å². The van der Waals surface area contributed by atoms with Crippen molar-refractivity contribution in [3.05, 3.63) is 28.2 Å². The second-order valence-corrected chi connectivity index (χ2v) is 6.69. The van der Waals surface area contributed by atoms with Crippen molar-refractivity contribution in [3.8, 4) is 5.75 Å². The average Bonchev–Trinajstić information content (AvgIpc) is 2.35. The number of hydrogen-bond acceptors (Lipinski definition) is 4. The lowest BCUT2D eigenvalue weighted by Crippen LogP contribution is -2.48. The lowest BCUT2D eigenvalue weighted by molar-refractivity contribution is -0.0997. The third kappa shape index (κ3) is 4.45. The van der Waals surface area contributed by atoms with E-state index in [2.05, 4.69) is 28.2 Å². The number of nitrogens with one attached hydrogen (secondary N) is 1. The summed E-state index contributed by atoms with van der Waals surface area (Å²) >= 11 is 3.46. The molecular weight excluding hydrogens is 322 g/mol. The number of hydrogen-bond donors (Lipinski definition) is 2. The van der Waals surface area contributed by atoms with Gasteiger partial charge in [-0.05, 0) is 40.5 Å². The Morgan fingerprint density at radius 1 is 1.50 bits per heavy atom. The molecule has 1 unspecified atom stereocenters. The molecule has 0 aliphatic carbocycles. The van der Waals surface area contributed by atoms with E-state index in [1.165, 1.54) is 5.56 Å². The molecule has 2 rings (SSSR count). The van der Waals surface area contributed by atoms with Gasteiger partial charge in [-0.1, -0.05) is 13.0 Å². The molecule has 0 spiro atoms. The third-order valence-corrected chi connectivity index (χ3v) is 3.97. The van der Waals surface area contributed by atoms with Gasteiger partial charge in [-0.25, -0.2) is 0 Å². The fourth-order valence-electron chi connectivity index (χ4n) is 2.06. The van der Waals surface area contributed by atoms with E-state index in [4.69, 9.17) is 9.47 Å². The van der Waals surface area contributed by atoms with Crippen molar-refractivity contribution in [1.82, 2.24) is 5.32 Å². The number of ether oxygens (including phenoxy) is 2. The molecule has 0 radical (unpaired) electrons. The molecule has 1 fully saturated rings. The molecule has 1 aliphatic rings. The first-order valence-corrected chi connectivity index (χ1v) is 7.63. The Morgan fingerprint density at radius 3 is 2.85 bits per heavy atom. The quantitative estimate of drug-likeness (QED) is 0.796. The first-order chi connectivity index (χ1) is 9.48. The van der Waals surface area contributed by atoms with Crippen LogP contribution in [-0.4, -0.2) is 44.1 Å². The molecule has 4 nitrogen and oxygen atoms in total. The maximum Gasteiger partial charge on any atom is 0.133 e. The Balaban J connectivity index is 1.67. The topological polar surface area (TPSA) is 50.7 Å². The van der Waals surface area contributed by atoms with Gasteiger partial charge >= 0.3 is 0 Å². The largest absolute Gasteiger partial charge is 0.490 e. The fourth-order valence-corrected chi connectivity index (χ4v) is 2.67. The molecule has 1 saturated heterocycles. The number of aliphatic hydroxyl groups excluding tert-OH is 1. The highest BCUT2D eigenvalue weighted by Gasteiger charge is 2.32. The summed E-state index contributed by atoms with van der Waals surface area (Å²) in [6.07, 6.45) is -0.521. The Bertz CT molecular complexity index is 449. The van der Waals surface area contributed by atoms with E-state index in [0.29, 0.717) is 6.54 Å². The van der Waals surface area contributed by atoms with Crippen LogP contribution in [0.2, 0.25) is 0 Å². The minimum Gasteiger partial charge on any atom is -0.490 e. The monoisotopic (exact) mass is 343 g/mol. The van der Waals surface area contributed by atoms with Gasteiger partial charge in [-0.3, -0.25) is 0 Å². The maximum atomic E-state index is 9.91. The smallest absolute Gasteiger partial charge is 0.133 e. The van der Waals surface area contributed by atoms with E-state index >= 15 is 0 Å². The molecule has 2 N–H and O–H groups in total. The Labute approximate surface area is 128 Å². The molecule has 1 aromatic carbocycles. The zero-order valence-corrected chi connectivity index (χ0v) is 13.6. The SMILES string of the molecule is Cc1ccc(OCC(O)CNCC2(C)COC2)c(Br)c1. The number of benzene rings is 1. The molecule has 0 aromatic heterocycles. The van der Waals surface area contributed by atoms with E-state index in [1.54, 1.807) is 0 Å². The zero-order valence-electron chi connectivity index (χ0n) is 12.0. The van der Waals surface area contributed by atoms with Gasteiger partial charge in [-0.15, -0.1) is 0 Å². The highest BCUT2D eigenvalue weighted by molar-refractivity contribution is 9.10. The van der Waals surface area contributed by atoms with Crippen LogP contribution in [0.5, 0.6) is 5.75 Å². The maximum absolute atomic E-state index is 9.91. The number of rotatable bonds is 7. The zero-order chi connectivity index (χ0) is 14.6. The van der Waals surface area contributed by atoms with Crippen LogP contribution in [0.1, 0.15) is 12.5 Å². The summed E-state index contributed by atoms with van der Waals surface area (Å²) in [5.41, 5.74) is 1.39. The highest BCUT2D eigenvalue weighted by Crippen LogP contribution is 2.26. The first kappa shape index (κ1) is 15.8. The molecule has 1 aliphatic heterocycles. The fraction of sp³-hybridized carbons (Fsp3) is 0.600. The Morgan fingerprint density at radius 2 is 2.25 bits per heavy atom. The van der Waals surface area contributed by atoms with Gasteiger partial charge in [0.25, 0.3) is 0 Å². The third-order valence-electron chi connectivity index (χ3n) is 3.35. The molecule has 0 bridgehead atoms. The second-order valence-electron chi connectivity index (χ2n) is 5.83. The van der Waals surface area contributed by atoms with Gasteiger partial charge in [0.1, 0.15) is 18.5 Å². The van der Waals surface area contributed by atoms with Gasteiger partial charge in [0.15, 0.2) is 0 Å². The van der Waals surface area contributed by atoms with Crippen LogP contribution >= 0.6 is 15.9 Å². The van der Waals surface area contributed by atoms with Crippen LogP contribution in [0, 0.1) is 12.3 Å².